The number of carboxylic acid groups (broad SMARTS) is 1. The van der Waals surface area contributed by atoms with Gasteiger partial charge in [-0.2, -0.15) is 4.98 Å². The van der Waals surface area contributed by atoms with Crippen LogP contribution in [0.1, 0.15) is 21.9 Å². The summed E-state index contributed by atoms with van der Waals surface area (Å²) in [5, 5.41) is 13.0. The van der Waals surface area contributed by atoms with Gasteiger partial charge in [-0.25, -0.2) is 4.79 Å². The summed E-state index contributed by atoms with van der Waals surface area (Å²) in [6.07, 6.45) is 0. The molecule has 0 spiro atoms. The Hall–Kier alpha value is -2.73. The van der Waals surface area contributed by atoms with Crippen molar-refractivity contribution < 1.29 is 33.3 Å². The first-order valence-corrected chi connectivity index (χ1v) is 11.2. The number of rotatable bonds is 5. The van der Waals surface area contributed by atoms with E-state index >= 15 is 0 Å². The Morgan fingerprint density at radius 1 is 0.788 bits per heavy atom. The smallest absolute Gasteiger partial charge is 0.372 e. The van der Waals surface area contributed by atoms with Gasteiger partial charge >= 0.3 is 5.97 Å². The summed E-state index contributed by atoms with van der Waals surface area (Å²) in [5.41, 5.74) is 2.76. The van der Waals surface area contributed by atoms with Crippen LogP contribution in [0.25, 0.3) is 0 Å². The fourth-order valence-corrected chi connectivity index (χ4v) is 8.04. The van der Waals surface area contributed by atoms with Crippen LogP contribution in [0, 0.1) is 13.8 Å². The largest absolute Gasteiger partial charge is 1.00 e. The predicted octanol–water partition coefficient (Wildman–Crippen LogP) is -0.879. The van der Waals surface area contributed by atoms with E-state index < -0.39 is 13.2 Å². The van der Waals surface area contributed by atoms with Gasteiger partial charge in [0.1, 0.15) is 15.9 Å². The van der Waals surface area contributed by atoms with Gasteiger partial charge in [-0.3, -0.25) is 0 Å². The lowest BCUT2D eigenvalue weighted by Gasteiger charge is -2.26. The van der Waals surface area contributed by atoms with E-state index in [9.17, 15) is 9.90 Å². The zero-order chi connectivity index (χ0) is 20.4. The minimum atomic E-state index is -2.39. The number of aromatic amines is 1. The van der Waals surface area contributed by atoms with Crippen LogP contribution in [-0.4, -0.2) is 32.0 Å². The molecule has 176 valence electrons. The molecule has 0 unspecified atom stereocenters. The number of hydrogen-bond acceptors (Lipinski definition) is 2. The monoisotopic (exact) mass is 508 g/mol. The number of hydrogen-bond donors (Lipinski definition) is 2. The first-order chi connectivity index (χ1) is 14.0. The third kappa shape index (κ3) is 5.44. The van der Waals surface area contributed by atoms with Gasteiger partial charge < -0.3 is 33.4 Å². The van der Waals surface area contributed by atoms with E-state index in [1.807, 2.05) is 43.3 Å². The van der Waals surface area contributed by atoms with Crippen molar-refractivity contribution in [2.45, 2.75) is 13.8 Å². The molecule has 0 saturated carbocycles. The molecule has 1 heterocycles. The number of nitrogens with one attached hydrogen (secondary N) is 1. The molecule has 9 heteroatoms. The average Bonchev–Trinajstić information content (AvgIpc) is 3.14. The highest BCUT2D eigenvalue weighted by molar-refractivity contribution is 8.01. The van der Waals surface area contributed by atoms with Gasteiger partial charge in [-0.05, 0) is 50.2 Å². The van der Waals surface area contributed by atoms with Crippen LogP contribution in [0.3, 0.4) is 0 Å². The van der Waals surface area contributed by atoms with E-state index in [0.29, 0.717) is 0 Å². The summed E-state index contributed by atoms with van der Waals surface area (Å²) in [5.74, 6) is -1.08. The predicted molar refractivity (Wildman–Crippen MR) is 134 cm³/mol. The molecule has 0 aliphatic heterocycles. The highest BCUT2D eigenvalue weighted by Gasteiger charge is 2.51. The first-order valence-electron chi connectivity index (χ1n) is 9.41. The van der Waals surface area contributed by atoms with Gasteiger partial charge in [-0.15, -0.1) is 12.4 Å². The van der Waals surface area contributed by atoms with Gasteiger partial charge in [0, 0.05) is 0 Å². The molecule has 0 amide bonds. The molecule has 33 heavy (non-hydrogen) atoms. The molecule has 0 aliphatic rings. The number of imidazole rings is 1. The summed E-state index contributed by atoms with van der Waals surface area (Å²) in [7, 11) is -2.39. The van der Waals surface area contributed by atoms with E-state index in [2.05, 4.69) is 65.4 Å². The van der Waals surface area contributed by atoms with Crippen molar-refractivity contribution in [1.82, 2.24) is 9.97 Å². The van der Waals surface area contributed by atoms with Crippen LogP contribution in [0.5, 0.6) is 0 Å². The molecule has 4 aromatic rings. The number of aromatic carboxylic acids is 1. The molecule has 0 fully saturated rings. The van der Waals surface area contributed by atoms with Crippen LogP contribution in [-0.2, 0) is 0 Å². The van der Waals surface area contributed by atoms with Crippen molar-refractivity contribution in [3.8, 4) is 0 Å². The highest BCUT2D eigenvalue weighted by atomic mass is 35.5. The number of carboxylic acids is 1. The fraction of sp³-hybridized carbons (Fsp3) is 0.0833. The molecular weight excluding hydrogens is 482 g/mol. The van der Waals surface area contributed by atoms with Crippen molar-refractivity contribution in [3.63, 3.8) is 0 Å². The fourth-order valence-electron chi connectivity index (χ4n) is 3.76. The zero-order valence-corrected chi connectivity index (χ0v) is 20.6. The first kappa shape index (κ1) is 30.3. The number of benzene rings is 3. The van der Waals surface area contributed by atoms with Crippen LogP contribution in [0.15, 0.2) is 84.9 Å². The second kappa shape index (κ2) is 12.5. The lowest BCUT2D eigenvalue weighted by atomic mass is 10.2. The van der Waals surface area contributed by atoms with E-state index in [1.165, 1.54) is 5.56 Å². The van der Waals surface area contributed by atoms with Gasteiger partial charge in [0.25, 0.3) is 0 Å². The topological polar surface area (TPSA) is 129 Å². The van der Waals surface area contributed by atoms with Crippen molar-refractivity contribution in [2.24, 2.45) is 0 Å². The van der Waals surface area contributed by atoms with Crippen molar-refractivity contribution in [1.29, 1.82) is 0 Å². The number of aromatic nitrogens is 2. The van der Waals surface area contributed by atoms with Crippen molar-refractivity contribution in [2.75, 3.05) is 0 Å². The van der Waals surface area contributed by atoms with Crippen molar-refractivity contribution in [3.05, 3.63) is 102 Å². The van der Waals surface area contributed by atoms with E-state index in [-0.39, 0.29) is 41.6 Å². The quantitative estimate of drug-likeness (QED) is 0.339. The summed E-state index contributed by atoms with van der Waals surface area (Å²) in [4.78, 5) is 19.3. The Morgan fingerprint density at radius 3 is 1.61 bits per heavy atom. The molecule has 6 nitrogen and oxygen atoms in total. The Labute approximate surface area is 205 Å². The molecule has 6 N–H and O–H groups in total. The molecule has 3 aromatic carbocycles. The maximum Gasteiger partial charge on any atom is 0.372 e. The summed E-state index contributed by atoms with van der Waals surface area (Å²) < 4.78 is 0. The summed E-state index contributed by atoms with van der Waals surface area (Å²) >= 11 is 0. The minimum Gasteiger partial charge on any atom is -1.00 e. The Morgan fingerprint density at radius 2 is 1.21 bits per heavy atom. The Bertz CT molecular complexity index is 1110. The van der Waals surface area contributed by atoms with Crippen molar-refractivity contribution >= 4 is 47.0 Å². The second-order valence-corrected chi connectivity index (χ2v) is 10.3. The van der Waals surface area contributed by atoms with Crippen LogP contribution in [0.2, 0.25) is 0 Å². The molecule has 0 bridgehead atoms. The molecular formula is C24H27Cl2N2O4P. The zero-order valence-electron chi connectivity index (χ0n) is 18.1. The Balaban J connectivity index is 0.00000256. The van der Waals surface area contributed by atoms with E-state index in [1.54, 1.807) is 0 Å². The minimum absolute atomic E-state index is 0. The molecule has 4 rings (SSSR count). The van der Waals surface area contributed by atoms with Gasteiger partial charge in [0.2, 0.25) is 11.3 Å². The van der Waals surface area contributed by atoms with Crippen LogP contribution < -0.4 is 33.8 Å². The lowest BCUT2D eigenvalue weighted by molar-refractivity contribution is -0.0000236. The number of aryl methyl sites for hydroxylation is 2. The number of carbonyl (C=O) groups is 1. The molecule has 1 aromatic heterocycles. The summed E-state index contributed by atoms with van der Waals surface area (Å²) in [6.45, 7) is 3.97. The maximum absolute atomic E-state index is 11.7. The Kier molecular flexibility index (Phi) is 11.5. The average molecular weight is 509 g/mol. The van der Waals surface area contributed by atoms with Gasteiger partial charge in [0.15, 0.2) is 7.26 Å². The normalized spacial score (nSPS) is 10.0. The second-order valence-electron chi connectivity index (χ2n) is 7.02. The number of halogens is 2. The highest BCUT2D eigenvalue weighted by Crippen LogP contribution is 2.54. The molecule has 0 aliphatic carbocycles. The number of nitrogens with zero attached hydrogens (tertiary/aromatic N) is 1. The third-order valence-corrected chi connectivity index (χ3v) is 9.38. The third-order valence-electron chi connectivity index (χ3n) is 5.09. The molecule has 0 saturated heterocycles. The lowest BCUT2D eigenvalue weighted by Crippen LogP contribution is -3.00. The molecule has 0 radical (unpaired) electrons. The van der Waals surface area contributed by atoms with Crippen LogP contribution >= 0.6 is 19.7 Å². The van der Waals surface area contributed by atoms with Crippen LogP contribution in [0.4, 0.5) is 0 Å². The van der Waals surface area contributed by atoms with E-state index in [0.717, 1.165) is 27.0 Å². The molecule has 0 atom stereocenters. The number of H-pyrrole nitrogens is 1. The standard InChI is InChI=1S/C24H21N2O2P.2ClH.2H2O/c1-17-13-15-21(16-14-17)29(19-9-5-3-6-10-19,20-11-7-4-8-12-20)23-18(2)25-22(26-23)24(27)28;;;;/h3-16H,1-2H3,(H-,25,26,27,28);2*1H;2*1H2. The maximum atomic E-state index is 11.7. The SMILES string of the molecule is Cc1ccc([P+](c2ccccc2)(c2ccccc2)c2nc(C(=O)O)[nH]c2C)cc1.Cl.O.O.[Cl-]. The van der Waals surface area contributed by atoms with E-state index in [4.69, 9.17) is 0 Å². The van der Waals surface area contributed by atoms with Gasteiger partial charge in [0.05, 0.1) is 5.69 Å². The van der Waals surface area contributed by atoms with Gasteiger partial charge in [-0.1, -0.05) is 54.1 Å². The summed E-state index contributed by atoms with van der Waals surface area (Å²) in [6, 6.07) is 29.1.